The number of likely N-dealkylation sites (N-methyl/N-ethyl adjacent to an activating group) is 1. The summed E-state index contributed by atoms with van der Waals surface area (Å²) in [7, 11) is 4.11. The monoisotopic (exact) mass is 209 g/mol. The van der Waals surface area contributed by atoms with E-state index in [0.29, 0.717) is 12.3 Å². The molecule has 3 atom stereocenters. The van der Waals surface area contributed by atoms with Crippen molar-refractivity contribution >= 4 is 0 Å². The van der Waals surface area contributed by atoms with E-state index in [1.165, 1.54) is 12.8 Å². The molecule has 0 heterocycles. The fourth-order valence-corrected chi connectivity index (χ4v) is 2.87. The summed E-state index contributed by atoms with van der Waals surface area (Å²) in [6, 6.07) is 0. The van der Waals surface area contributed by atoms with E-state index in [1.807, 2.05) is 0 Å². The fraction of sp³-hybridized carbons (Fsp3) is 0.846. The molecule has 1 aliphatic rings. The Labute approximate surface area is 93.7 Å². The van der Waals surface area contributed by atoms with Gasteiger partial charge in [-0.25, -0.2) is 0 Å². The highest BCUT2D eigenvalue weighted by Crippen LogP contribution is 2.38. The van der Waals surface area contributed by atoms with Gasteiger partial charge in [-0.1, -0.05) is 19.8 Å². The van der Waals surface area contributed by atoms with Gasteiger partial charge in [0.2, 0.25) is 0 Å². The van der Waals surface area contributed by atoms with Gasteiger partial charge >= 0.3 is 0 Å². The van der Waals surface area contributed by atoms with E-state index in [9.17, 15) is 5.11 Å². The average molecular weight is 209 g/mol. The number of aliphatic hydroxyl groups is 1. The highest BCUT2D eigenvalue weighted by Gasteiger charge is 2.42. The predicted octanol–water partition coefficient (Wildman–Crippen LogP) is 1.88. The number of aliphatic hydroxyl groups excluding tert-OH is 1. The van der Waals surface area contributed by atoms with E-state index >= 15 is 0 Å². The number of rotatable bonds is 3. The normalized spacial score (nSPS) is 33.7. The molecule has 0 aliphatic heterocycles. The highest BCUT2D eigenvalue weighted by molar-refractivity contribution is 5.03. The minimum absolute atomic E-state index is 0.0932. The van der Waals surface area contributed by atoms with Crippen LogP contribution in [0.3, 0.4) is 0 Å². The van der Waals surface area contributed by atoms with Crippen LogP contribution in [0.4, 0.5) is 0 Å². The molecule has 1 fully saturated rings. The van der Waals surface area contributed by atoms with E-state index in [-0.39, 0.29) is 11.6 Å². The molecular formula is C13H23NO. The molecule has 1 saturated carbocycles. The fourth-order valence-electron chi connectivity index (χ4n) is 2.87. The average Bonchev–Trinajstić information content (AvgIpc) is 2.17. The third kappa shape index (κ3) is 2.53. The summed E-state index contributed by atoms with van der Waals surface area (Å²) in [6.07, 6.45) is 9.97. The van der Waals surface area contributed by atoms with Crippen molar-refractivity contribution in [2.45, 2.75) is 50.7 Å². The van der Waals surface area contributed by atoms with Gasteiger partial charge in [0, 0.05) is 12.0 Å². The minimum Gasteiger partial charge on any atom is -0.390 e. The zero-order valence-electron chi connectivity index (χ0n) is 10.2. The summed E-state index contributed by atoms with van der Waals surface area (Å²) in [5, 5.41) is 10.2. The lowest BCUT2D eigenvalue weighted by atomic mass is 9.71. The van der Waals surface area contributed by atoms with Crippen LogP contribution in [0.5, 0.6) is 0 Å². The predicted molar refractivity (Wildman–Crippen MR) is 63.5 cm³/mol. The highest BCUT2D eigenvalue weighted by atomic mass is 16.3. The van der Waals surface area contributed by atoms with Gasteiger partial charge in [0.25, 0.3) is 0 Å². The maximum Gasteiger partial charge on any atom is 0.0832 e. The van der Waals surface area contributed by atoms with Crippen LogP contribution in [0.1, 0.15) is 39.0 Å². The Hall–Kier alpha value is -0.520. The van der Waals surface area contributed by atoms with Crippen molar-refractivity contribution in [3.8, 4) is 12.3 Å². The quantitative estimate of drug-likeness (QED) is 0.717. The Balaban J connectivity index is 2.82. The maximum absolute atomic E-state index is 10.2. The van der Waals surface area contributed by atoms with Crippen LogP contribution >= 0.6 is 0 Å². The second-order valence-electron chi connectivity index (χ2n) is 5.12. The lowest BCUT2D eigenvalue weighted by molar-refractivity contribution is -0.0402. The van der Waals surface area contributed by atoms with Crippen molar-refractivity contribution in [2.24, 2.45) is 5.92 Å². The molecule has 1 aliphatic carbocycles. The molecule has 0 radical (unpaired) electrons. The van der Waals surface area contributed by atoms with Gasteiger partial charge < -0.3 is 10.0 Å². The van der Waals surface area contributed by atoms with E-state index in [0.717, 1.165) is 12.8 Å². The molecule has 0 bridgehead atoms. The minimum atomic E-state index is -0.389. The molecule has 0 saturated heterocycles. The third-order valence-electron chi connectivity index (χ3n) is 3.83. The van der Waals surface area contributed by atoms with Crippen LogP contribution in [0.2, 0.25) is 0 Å². The molecule has 0 aromatic rings. The Morgan fingerprint density at radius 1 is 1.60 bits per heavy atom. The van der Waals surface area contributed by atoms with Crippen molar-refractivity contribution in [1.82, 2.24) is 4.90 Å². The number of hydrogen-bond donors (Lipinski definition) is 1. The summed E-state index contributed by atoms with van der Waals surface area (Å²) < 4.78 is 0. The molecule has 2 nitrogen and oxygen atoms in total. The Morgan fingerprint density at radius 2 is 2.27 bits per heavy atom. The number of nitrogens with zero attached hydrogens (tertiary/aromatic N) is 1. The molecule has 3 unspecified atom stereocenters. The van der Waals surface area contributed by atoms with Gasteiger partial charge in [-0.2, -0.15) is 0 Å². The van der Waals surface area contributed by atoms with Gasteiger partial charge in [0.05, 0.1) is 6.10 Å². The van der Waals surface area contributed by atoms with Crippen molar-refractivity contribution in [3.05, 3.63) is 0 Å². The molecular weight excluding hydrogens is 186 g/mol. The summed E-state index contributed by atoms with van der Waals surface area (Å²) >= 11 is 0. The second kappa shape index (κ2) is 5.01. The second-order valence-corrected chi connectivity index (χ2v) is 5.12. The van der Waals surface area contributed by atoms with Crippen LogP contribution in [-0.4, -0.2) is 35.7 Å². The van der Waals surface area contributed by atoms with Crippen molar-refractivity contribution in [2.75, 3.05) is 14.1 Å². The smallest absolute Gasteiger partial charge is 0.0832 e. The van der Waals surface area contributed by atoms with Crippen LogP contribution in [0, 0.1) is 18.3 Å². The summed E-state index contributed by atoms with van der Waals surface area (Å²) in [5.41, 5.74) is -0.0932. The standard InChI is InChI=1S/C13H23NO/c1-5-7-12(15)13(14(3)4)9-6-8-11(2)10-13/h1,11-12,15H,6-10H2,2-4H3. The Kier molecular flexibility index (Phi) is 4.19. The van der Waals surface area contributed by atoms with Crippen molar-refractivity contribution < 1.29 is 5.11 Å². The van der Waals surface area contributed by atoms with E-state index < -0.39 is 0 Å². The lowest BCUT2D eigenvalue weighted by Crippen LogP contribution is -2.55. The van der Waals surface area contributed by atoms with E-state index in [4.69, 9.17) is 6.42 Å². The molecule has 0 spiro atoms. The topological polar surface area (TPSA) is 23.5 Å². The Bertz CT molecular complexity index is 243. The van der Waals surface area contributed by atoms with E-state index in [2.05, 4.69) is 31.8 Å². The summed E-state index contributed by atoms with van der Waals surface area (Å²) in [5.74, 6) is 3.27. The van der Waals surface area contributed by atoms with Gasteiger partial charge in [0.15, 0.2) is 0 Å². The van der Waals surface area contributed by atoms with Crippen LogP contribution in [0.15, 0.2) is 0 Å². The zero-order valence-corrected chi connectivity index (χ0v) is 10.2. The SMILES string of the molecule is C#CCC(O)C1(N(C)C)CCCC(C)C1. The first-order valence-corrected chi connectivity index (χ1v) is 5.82. The van der Waals surface area contributed by atoms with E-state index in [1.54, 1.807) is 0 Å². The first-order valence-electron chi connectivity index (χ1n) is 5.82. The first kappa shape index (κ1) is 12.5. The first-order chi connectivity index (χ1) is 7.03. The molecule has 86 valence electrons. The molecule has 15 heavy (non-hydrogen) atoms. The van der Waals surface area contributed by atoms with Crippen LogP contribution < -0.4 is 0 Å². The number of terminal acetylenes is 1. The molecule has 2 heteroatoms. The van der Waals surface area contributed by atoms with Gasteiger partial charge in [-0.15, -0.1) is 12.3 Å². The van der Waals surface area contributed by atoms with Gasteiger partial charge in [-0.05, 0) is 32.9 Å². The van der Waals surface area contributed by atoms with Crippen molar-refractivity contribution in [3.63, 3.8) is 0 Å². The molecule has 0 aromatic carbocycles. The Morgan fingerprint density at radius 3 is 2.73 bits per heavy atom. The summed E-state index contributed by atoms with van der Waals surface area (Å²) in [6.45, 7) is 2.26. The van der Waals surface area contributed by atoms with Crippen LogP contribution in [0.25, 0.3) is 0 Å². The maximum atomic E-state index is 10.2. The van der Waals surface area contributed by atoms with Crippen LogP contribution in [-0.2, 0) is 0 Å². The van der Waals surface area contributed by atoms with Gasteiger partial charge in [0.1, 0.15) is 0 Å². The molecule has 0 amide bonds. The van der Waals surface area contributed by atoms with Gasteiger partial charge in [-0.3, -0.25) is 0 Å². The molecule has 0 aromatic heterocycles. The molecule has 1 N–H and O–H groups in total. The number of hydrogen-bond acceptors (Lipinski definition) is 2. The zero-order chi connectivity index (χ0) is 11.5. The van der Waals surface area contributed by atoms with Crippen molar-refractivity contribution in [1.29, 1.82) is 0 Å². The largest absolute Gasteiger partial charge is 0.390 e. The molecule has 1 rings (SSSR count). The lowest BCUT2D eigenvalue weighted by Gasteiger charge is -2.47. The third-order valence-corrected chi connectivity index (χ3v) is 3.83. The summed E-state index contributed by atoms with van der Waals surface area (Å²) in [4.78, 5) is 2.17.